The molecule has 2 rings (SSSR count). The summed E-state index contributed by atoms with van der Waals surface area (Å²) in [4.78, 5) is -0.00995. The summed E-state index contributed by atoms with van der Waals surface area (Å²) in [7, 11) is 1.66. The first-order chi connectivity index (χ1) is 9.04. The Kier molecular flexibility index (Phi) is 4.25. The molecule has 2 aromatic rings. The second-order valence-corrected chi connectivity index (χ2v) is 5.47. The number of benzene rings is 2. The monoisotopic (exact) mass is 322 g/mol. The molecule has 1 unspecified atom stereocenters. The second-order valence-electron chi connectivity index (χ2n) is 4.56. The van der Waals surface area contributed by atoms with Gasteiger partial charge in [0.05, 0.1) is 11.9 Å². The number of rotatable bonds is 3. The molecule has 0 aliphatic rings. The van der Waals surface area contributed by atoms with Gasteiger partial charge < -0.3 is 4.74 Å². The zero-order chi connectivity index (χ0) is 14.0. The number of halogens is 2. The molecule has 0 saturated heterocycles. The van der Waals surface area contributed by atoms with Gasteiger partial charge in [0, 0.05) is 5.56 Å². The first kappa shape index (κ1) is 14.1. The highest BCUT2D eigenvalue weighted by Gasteiger charge is 2.19. The third-order valence-electron chi connectivity index (χ3n) is 3.22. The first-order valence-electron chi connectivity index (χ1n) is 6.08. The molecule has 0 aromatic heterocycles. The zero-order valence-corrected chi connectivity index (χ0v) is 12.8. The van der Waals surface area contributed by atoms with Crippen LogP contribution in [0.15, 0.2) is 36.4 Å². The number of hydrogen-bond donors (Lipinski definition) is 0. The van der Waals surface area contributed by atoms with Crippen LogP contribution < -0.4 is 4.74 Å². The Morgan fingerprint density at radius 1 is 1.11 bits per heavy atom. The molecule has 0 radical (unpaired) electrons. The second kappa shape index (κ2) is 5.74. The van der Waals surface area contributed by atoms with Gasteiger partial charge in [-0.05, 0) is 48.7 Å². The van der Waals surface area contributed by atoms with Crippen LogP contribution in [0.3, 0.4) is 0 Å². The van der Waals surface area contributed by atoms with E-state index >= 15 is 0 Å². The van der Waals surface area contributed by atoms with Crippen molar-refractivity contribution in [2.75, 3.05) is 7.11 Å². The van der Waals surface area contributed by atoms with E-state index in [1.165, 1.54) is 0 Å². The van der Waals surface area contributed by atoms with E-state index in [0.717, 1.165) is 28.0 Å². The average molecular weight is 323 g/mol. The number of hydrogen-bond acceptors (Lipinski definition) is 1. The van der Waals surface area contributed by atoms with Crippen molar-refractivity contribution in [3.05, 3.63) is 64.5 Å². The van der Waals surface area contributed by atoms with Gasteiger partial charge >= 0.3 is 0 Å². The highest BCUT2D eigenvalue weighted by atomic mass is 79.9. The summed E-state index contributed by atoms with van der Waals surface area (Å²) >= 11 is 3.71. The summed E-state index contributed by atoms with van der Waals surface area (Å²) in [5, 5.41) is 0. The number of para-hydroxylation sites is 1. The van der Waals surface area contributed by atoms with Crippen molar-refractivity contribution in [3.63, 3.8) is 0 Å². The number of aryl methyl sites for hydroxylation is 2. The fraction of sp³-hybridized carbons (Fsp3) is 0.250. The SMILES string of the molecule is COc1ccccc1C(Br)c1c(C)cc(F)cc1C. The van der Waals surface area contributed by atoms with Gasteiger partial charge in [-0.15, -0.1) is 0 Å². The van der Waals surface area contributed by atoms with Gasteiger partial charge in [-0.1, -0.05) is 34.1 Å². The van der Waals surface area contributed by atoms with Crippen LogP contribution in [0.5, 0.6) is 5.75 Å². The number of ether oxygens (including phenoxy) is 1. The van der Waals surface area contributed by atoms with Crippen LogP contribution in [-0.4, -0.2) is 7.11 Å². The molecule has 2 aromatic carbocycles. The largest absolute Gasteiger partial charge is 0.496 e. The molecular formula is C16H16BrFO. The minimum Gasteiger partial charge on any atom is -0.496 e. The van der Waals surface area contributed by atoms with Crippen LogP contribution in [0.4, 0.5) is 4.39 Å². The van der Waals surface area contributed by atoms with Crippen LogP contribution in [0.2, 0.25) is 0 Å². The third kappa shape index (κ3) is 2.81. The summed E-state index contributed by atoms with van der Waals surface area (Å²) in [6.07, 6.45) is 0. The number of methoxy groups -OCH3 is 1. The quantitative estimate of drug-likeness (QED) is 0.727. The predicted molar refractivity (Wildman–Crippen MR) is 79.6 cm³/mol. The average Bonchev–Trinajstić information content (AvgIpc) is 2.37. The molecule has 0 spiro atoms. The van der Waals surface area contributed by atoms with Crippen molar-refractivity contribution in [1.29, 1.82) is 0 Å². The molecule has 0 saturated carbocycles. The van der Waals surface area contributed by atoms with Crippen molar-refractivity contribution in [2.45, 2.75) is 18.7 Å². The lowest BCUT2D eigenvalue weighted by atomic mass is 9.95. The fourth-order valence-corrected chi connectivity index (χ4v) is 3.45. The normalized spacial score (nSPS) is 12.3. The maximum Gasteiger partial charge on any atom is 0.123 e. The van der Waals surface area contributed by atoms with Gasteiger partial charge in [-0.2, -0.15) is 0 Å². The molecule has 3 heteroatoms. The minimum atomic E-state index is -0.196. The van der Waals surface area contributed by atoms with E-state index in [1.54, 1.807) is 19.2 Å². The van der Waals surface area contributed by atoms with Crippen LogP contribution in [-0.2, 0) is 0 Å². The van der Waals surface area contributed by atoms with Crippen LogP contribution in [0, 0.1) is 19.7 Å². The molecule has 0 heterocycles. The van der Waals surface area contributed by atoms with Gasteiger partial charge in [0.25, 0.3) is 0 Å². The Balaban J connectivity index is 2.53. The van der Waals surface area contributed by atoms with Gasteiger partial charge in [-0.3, -0.25) is 0 Å². The van der Waals surface area contributed by atoms with E-state index in [0.29, 0.717) is 0 Å². The molecule has 19 heavy (non-hydrogen) atoms. The van der Waals surface area contributed by atoms with E-state index in [4.69, 9.17) is 4.74 Å². The number of alkyl halides is 1. The van der Waals surface area contributed by atoms with E-state index in [9.17, 15) is 4.39 Å². The maximum absolute atomic E-state index is 13.4. The summed E-state index contributed by atoms with van der Waals surface area (Å²) < 4.78 is 18.8. The highest BCUT2D eigenvalue weighted by molar-refractivity contribution is 9.09. The fourth-order valence-electron chi connectivity index (χ4n) is 2.35. The standard InChI is InChI=1S/C16H16BrFO/c1-10-8-12(18)9-11(2)15(10)16(17)13-6-4-5-7-14(13)19-3/h4-9,16H,1-3H3. The van der Waals surface area contributed by atoms with Gasteiger partial charge in [0.2, 0.25) is 0 Å². The van der Waals surface area contributed by atoms with E-state index in [-0.39, 0.29) is 10.6 Å². The Morgan fingerprint density at radius 2 is 1.68 bits per heavy atom. The highest BCUT2D eigenvalue weighted by Crippen LogP contribution is 2.39. The molecule has 0 aliphatic carbocycles. The van der Waals surface area contributed by atoms with E-state index in [2.05, 4.69) is 15.9 Å². The zero-order valence-electron chi connectivity index (χ0n) is 11.2. The van der Waals surface area contributed by atoms with Crippen molar-refractivity contribution in [1.82, 2.24) is 0 Å². The van der Waals surface area contributed by atoms with Crippen molar-refractivity contribution < 1.29 is 9.13 Å². The molecule has 1 atom stereocenters. The van der Waals surface area contributed by atoms with Crippen molar-refractivity contribution in [2.24, 2.45) is 0 Å². The van der Waals surface area contributed by atoms with Crippen LogP contribution in [0.1, 0.15) is 27.1 Å². The summed E-state index contributed by atoms with van der Waals surface area (Å²) in [5.74, 6) is 0.631. The van der Waals surface area contributed by atoms with E-state index < -0.39 is 0 Å². The minimum absolute atomic E-state index is 0.00995. The smallest absolute Gasteiger partial charge is 0.123 e. The first-order valence-corrected chi connectivity index (χ1v) is 6.99. The molecule has 100 valence electrons. The lowest BCUT2D eigenvalue weighted by Crippen LogP contribution is -2.02. The molecule has 0 amide bonds. The van der Waals surface area contributed by atoms with Crippen LogP contribution >= 0.6 is 15.9 Å². The predicted octanol–water partition coefficient (Wildman–Crippen LogP) is 4.94. The lowest BCUT2D eigenvalue weighted by molar-refractivity contribution is 0.410. The maximum atomic E-state index is 13.4. The molecule has 1 nitrogen and oxygen atoms in total. The van der Waals surface area contributed by atoms with Gasteiger partial charge in [0.1, 0.15) is 11.6 Å². The summed E-state index contributed by atoms with van der Waals surface area (Å²) in [6.45, 7) is 3.85. The molecule has 0 N–H and O–H groups in total. The molecule has 0 fully saturated rings. The van der Waals surface area contributed by atoms with Gasteiger partial charge in [0.15, 0.2) is 0 Å². The van der Waals surface area contributed by atoms with Crippen molar-refractivity contribution in [3.8, 4) is 5.75 Å². The Hall–Kier alpha value is -1.35. The molecule has 0 aliphatic heterocycles. The molecule has 0 bridgehead atoms. The Morgan fingerprint density at radius 3 is 2.26 bits per heavy atom. The van der Waals surface area contributed by atoms with Crippen LogP contribution in [0.25, 0.3) is 0 Å². The Bertz CT molecular complexity index is 572. The Labute approximate surface area is 121 Å². The molecular weight excluding hydrogens is 307 g/mol. The topological polar surface area (TPSA) is 9.23 Å². The lowest BCUT2D eigenvalue weighted by Gasteiger charge is -2.19. The summed E-state index contributed by atoms with van der Waals surface area (Å²) in [5.41, 5.74) is 4.00. The summed E-state index contributed by atoms with van der Waals surface area (Å²) in [6, 6.07) is 11.0. The van der Waals surface area contributed by atoms with E-state index in [1.807, 2.05) is 38.1 Å². The van der Waals surface area contributed by atoms with Gasteiger partial charge in [-0.25, -0.2) is 4.39 Å². The third-order valence-corrected chi connectivity index (χ3v) is 4.17. The van der Waals surface area contributed by atoms with Crippen molar-refractivity contribution >= 4 is 15.9 Å².